The molecule has 1 atom stereocenters. The van der Waals surface area contributed by atoms with Crippen molar-refractivity contribution in [1.82, 2.24) is 0 Å². The highest BCUT2D eigenvalue weighted by molar-refractivity contribution is 5.78. The topological polar surface area (TPSA) is 0 Å². The molecule has 82 valence electrons. The van der Waals surface area contributed by atoms with Crippen molar-refractivity contribution in [2.45, 2.75) is 32.6 Å². The molecule has 0 saturated heterocycles. The van der Waals surface area contributed by atoms with Crippen LogP contribution in [0.15, 0.2) is 48.1 Å². The molecule has 0 heteroatoms. The first-order chi connectivity index (χ1) is 7.81. The lowest BCUT2D eigenvalue weighted by atomic mass is 9.68. The van der Waals surface area contributed by atoms with Crippen LogP contribution in [0.4, 0.5) is 0 Å². The number of hydrogen-bond acceptors (Lipinski definition) is 0. The van der Waals surface area contributed by atoms with Gasteiger partial charge in [0, 0.05) is 5.41 Å². The van der Waals surface area contributed by atoms with E-state index in [2.05, 4.69) is 49.4 Å². The summed E-state index contributed by atoms with van der Waals surface area (Å²) in [6.07, 6.45) is 10.1. The van der Waals surface area contributed by atoms with Crippen LogP contribution in [0.3, 0.4) is 0 Å². The SMILES string of the molecule is C[C@]12CCCCC1=CC=C2c1ccccc1. The van der Waals surface area contributed by atoms with Gasteiger partial charge in [-0.05, 0) is 30.4 Å². The minimum atomic E-state index is 0.333. The summed E-state index contributed by atoms with van der Waals surface area (Å²) in [5.41, 5.74) is 4.91. The normalized spacial score (nSPS) is 28.3. The van der Waals surface area contributed by atoms with E-state index in [4.69, 9.17) is 0 Å². The van der Waals surface area contributed by atoms with E-state index < -0.39 is 0 Å². The molecule has 0 N–H and O–H groups in total. The Morgan fingerprint density at radius 1 is 1.00 bits per heavy atom. The Bertz CT molecular complexity index is 450. The van der Waals surface area contributed by atoms with Crippen LogP contribution in [0.25, 0.3) is 5.57 Å². The second-order valence-electron chi connectivity index (χ2n) is 5.18. The Balaban J connectivity index is 2.00. The highest BCUT2D eigenvalue weighted by Gasteiger charge is 2.37. The minimum Gasteiger partial charge on any atom is -0.0622 e. The predicted octanol–water partition coefficient (Wildman–Crippen LogP) is 4.59. The zero-order chi connectivity index (χ0) is 11.0. The van der Waals surface area contributed by atoms with Gasteiger partial charge in [0.2, 0.25) is 0 Å². The zero-order valence-corrected chi connectivity index (χ0v) is 9.87. The highest BCUT2D eigenvalue weighted by atomic mass is 14.4. The predicted molar refractivity (Wildman–Crippen MR) is 69.1 cm³/mol. The summed E-state index contributed by atoms with van der Waals surface area (Å²) in [7, 11) is 0. The lowest BCUT2D eigenvalue weighted by molar-refractivity contribution is 0.401. The molecule has 0 unspecified atom stereocenters. The van der Waals surface area contributed by atoms with Crippen LogP contribution in [0.5, 0.6) is 0 Å². The van der Waals surface area contributed by atoms with Gasteiger partial charge in [-0.25, -0.2) is 0 Å². The third-order valence-corrected chi connectivity index (χ3v) is 4.21. The maximum atomic E-state index is 2.42. The maximum absolute atomic E-state index is 2.42. The lowest BCUT2D eigenvalue weighted by Gasteiger charge is -2.36. The molecule has 1 aromatic carbocycles. The quantitative estimate of drug-likeness (QED) is 0.636. The van der Waals surface area contributed by atoms with E-state index in [0.29, 0.717) is 5.41 Å². The minimum absolute atomic E-state index is 0.333. The van der Waals surface area contributed by atoms with E-state index in [1.165, 1.54) is 36.8 Å². The molecule has 0 heterocycles. The molecule has 0 radical (unpaired) electrons. The van der Waals surface area contributed by atoms with Crippen molar-refractivity contribution < 1.29 is 0 Å². The summed E-state index contributed by atoms with van der Waals surface area (Å²) >= 11 is 0. The number of fused-ring (bicyclic) bond motifs is 1. The first kappa shape index (κ1) is 9.89. The molecule has 1 fully saturated rings. The Hall–Kier alpha value is -1.30. The monoisotopic (exact) mass is 210 g/mol. The molecule has 16 heavy (non-hydrogen) atoms. The van der Waals surface area contributed by atoms with Gasteiger partial charge in [-0.3, -0.25) is 0 Å². The van der Waals surface area contributed by atoms with Gasteiger partial charge in [-0.15, -0.1) is 0 Å². The van der Waals surface area contributed by atoms with Crippen molar-refractivity contribution in [3.05, 3.63) is 53.6 Å². The fraction of sp³-hybridized carbons (Fsp3) is 0.375. The molecule has 2 aliphatic rings. The van der Waals surface area contributed by atoms with E-state index in [-0.39, 0.29) is 0 Å². The van der Waals surface area contributed by atoms with Gasteiger partial charge >= 0.3 is 0 Å². The molecule has 0 aliphatic heterocycles. The third kappa shape index (κ3) is 1.36. The maximum Gasteiger partial charge on any atom is 0.0142 e. The van der Waals surface area contributed by atoms with Crippen molar-refractivity contribution in [2.24, 2.45) is 5.41 Å². The summed E-state index contributed by atoms with van der Waals surface area (Å²) in [6.45, 7) is 2.42. The first-order valence-electron chi connectivity index (χ1n) is 6.28. The van der Waals surface area contributed by atoms with Gasteiger partial charge in [0.05, 0.1) is 0 Å². The molecule has 0 aromatic heterocycles. The van der Waals surface area contributed by atoms with E-state index in [1.54, 1.807) is 5.57 Å². The highest BCUT2D eigenvalue weighted by Crippen LogP contribution is 2.52. The molecule has 0 bridgehead atoms. The molecule has 0 amide bonds. The molecule has 3 rings (SSSR count). The third-order valence-electron chi connectivity index (χ3n) is 4.21. The molecule has 0 spiro atoms. The van der Waals surface area contributed by atoms with Gasteiger partial charge in [0.25, 0.3) is 0 Å². The summed E-state index contributed by atoms with van der Waals surface area (Å²) in [4.78, 5) is 0. The van der Waals surface area contributed by atoms with Crippen LogP contribution >= 0.6 is 0 Å². The molecule has 2 aliphatic carbocycles. The fourth-order valence-electron chi connectivity index (χ4n) is 3.21. The van der Waals surface area contributed by atoms with Crippen LogP contribution in [-0.2, 0) is 0 Å². The number of hydrogen-bond donors (Lipinski definition) is 0. The zero-order valence-electron chi connectivity index (χ0n) is 9.87. The summed E-state index contributed by atoms with van der Waals surface area (Å²) in [5, 5.41) is 0. The first-order valence-corrected chi connectivity index (χ1v) is 6.28. The van der Waals surface area contributed by atoms with E-state index in [9.17, 15) is 0 Å². The lowest BCUT2D eigenvalue weighted by Crippen LogP contribution is -2.22. The molecule has 1 saturated carbocycles. The summed E-state index contributed by atoms with van der Waals surface area (Å²) < 4.78 is 0. The number of rotatable bonds is 1. The van der Waals surface area contributed by atoms with E-state index >= 15 is 0 Å². The molecule has 0 nitrogen and oxygen atoms in total. The van der Waals surface area contributed by atoms with Gasteiger partial charge < -0.3 is 0 Å². The Morgan fingerprint density at radius 2 is 1.81 bits per heavy atom. The second kappa shape index (κ2) is 3.62. The standard InChI is InChI=1S/C16H18/c1-16-12-6-5-9-14(16)10-11-15(16)13-7-3-2-4-8-13/h2-4,7-8,10-11H,5-6,9,12H2,1H3/t16-/m0/s1. The van der Waals surface area contributed by atoms with Gasteiger partial charge in [-0.1, -0.05) is 61.4 Å². The molecular formula is C16H18. The van der Waals surface area contributed by atoms with E-state index in [1.807, 2.05) is 0 Å². The Morgan fingerprint density at radius 3 is 2.62 bits per heavy atom. The molecule has 1 aromatic rings. The Kier molecular flexibility index (Phi) is 2.24. The average Bonchev–Trinajstić information content (AvgIpc) is 2.67. The summed E-state index contributed by atoms with van der Waals surface area (Å²) in [6, 6.07) is 10.8. The van der Waals surface area contributed by atoms with E-state index in [0.717, 1.165) is 0 Å². The molecular weight excluding hydrogens is 192 g/mol. The van der Waals surface area contributed by atoms with Crippen LogP contribution in [0.2, 0.25) is 0 Å². The van der Waals surface area contributed by atoms with Crippen molar-refractivity contribution in [3.63, 3.8) is 0 Å². The van der Waals surface area contributed by atoms with Crippen LogP contribution < -0.4 is 0 Å². The van der Waals surface area contributed by atoms with Gasteiger partial charge in [-0.2, -0.15) is 0 Å². The van der Waals surface area contributed by atoms with Crippen molar-refractivity contribution in [3.8, 4) is 0 Å². The van der Waals surface area contributed by atoms with Crippen molar-refractivity contribution >= 4 is 5.57 Å². The fourth-order valence-corrected chi connectivity index (χ4v) is 3.21. The second-order valence-corrected chi connectivity index (χ2v) is 5.18. The van der Waals surface area contributed by atoms with Gasteiger partial charge in [0.15, 0.2) is 0 Å². The van der Waals surface area contributed by atoms with Crippen LogP contribution in [-0.4, -0.2) is 0 Å². The largest absolute Gasteiger partial charge is 0.0622 e. The average molecular weight is 210 g/mol. The van der Waals surface area contributed by atoms with Gasteiger partial charge in [0.1, 0.15) is 0 Å². The number of benzene rings is 1. The summed E-state index contributed by atoms with van der Waals surface area (Å²) in [5.74, 6) is 0. The smallest absolute Gasteiger partial charge is 0.0142 e. The Labute approximate surface area is 97.7 Å². The van der Waals surface area contributed by atoms with Crippen molar-refractivity contribution in [1.29, 1.82) is 0 Å². The van der Waals surface area contributed by atoms with Crippen molar-refractivity contribution in [2.75, 3.05) is 0 Å². The number of allylic oxidation sites excluding steroid dienone is 4. The van der Waals surface area contributed by atoms with Crippen LogP contribution in [0, 0.1) is 5.41 Å². The van der Waals surface area contributed by atoms with Crippen LogP contribution in [0.1, 0.15) is 38.2 Å².